The molecule has 7 nitrogen and oxygen atoms in total. The van der Waals surface area contributed by atoms with Crippen molar-refractivity contribution in [2.24, 2.45) is 0 Å². The SMILES string of the molecule is COC(=O)c1ccc(C(=O)Nc2cccc(C(=O)NC3CC3)c2)nc1. The van der Waals surface area contributed by atoms with Crippen molar-refractivity contribution in [1.82, 2.24) is 10.3 Å². The van der Waals surface area contributed by atoms with E-state index in [1.807, 2.05) is 0 Å². The summed E-state index contributed by atoms with van der Waals surface area (Å²) in [4.78, 5) is 39.6. The number of aromatic nitrogens is 1. The van der Waals surface area contributed by atoms with Gasteiger partial charge in [-0.3, -0.25) is 14.6 Å². The van der Waals surface area contributed by atoms with Crippen molar-refractivity contribution in [1.29, 1.82) is 0 Å². The number of methoxy groups -OCH3 is 1. The third kappa shape index (κ3) is 4.20. The molecular formula is C18H17N3O4. The Kier molecular flexibility index (Phi) is 4.74. The van der Waals surface area contributed by atoms with Crippen molar-refractivity contribution in [2.45, 2.75) is 18.9 Å². The van der Waals surface area contributed by atoms with E-state index in [1.54, 1.807) is 24.3 Å². The fourth-order valence-electron chi connectivity index (χ4n) is 2.20. The fourth-order valence-corrected chi connectivity index (χ4v) is 2.20. The third-order valence-corrected chi connectivity index (χ3v) is 3.71. The number of nitrogens with one attached hydrogen (secondary N) is 2. The lowest BCUT2D eigenvalue weighted by atomic mass is 10.2. The predicted molar refractivity (Wildman–Crippen MR) is 90.5 cm³/mol. The molecule has 0 radical (unpaired) electrons. The summed E-state index contributed by atoms with van der Waals surface area (Å²) < 4.78 is 4.58. The van der Waals surface area contributed by atoms with Crippen LogP contribution in [0.2, 0.25) is 0 Å². The molecule has 0 aliphatic heterocycles. The summed E-state index contributed by atoms with van der Waals surface area (Å²) in [6, 6.07) is 9.86. The Balaban J connectivity index is 1.67. The molecule has 1 aromatic carbocycles. The molecule has 1 aliphatic rings. The first-order chi connectivity index (χ1) is 12.1. The molecule has 1 aromatic heterocycles. The molecule has 1 heterocycles. The summed E-state index contributed by atoms with van der Waals surface area (Å²) >= 11 is 0. The molecule has 3 rings (SSSR count). The molecule has 25 heavy (non-hydrogen) atoms. The summed E-state index contributed by atoms with van der Waals surface area (Å²) in [6.07, 6.45) is 3.30. The minimum atomic E-state index is -0.520. The molecule has 1 fully saturated rings. The Morgan fingerprint density at radius 1 is 1.08 bits per heavy atom. The molecule has 0 saturated heterocycles. The van der Waals surface area contributed by atoms with Crippen molar-refractivity contribution in [3.8, 4) is 0 Å². The number of rotatable bonds is 5. The first kappa shape index (κ1) is 16.6. The molecule has 0 atom stereocenters. The monoisotopic (exact) mass is 339 g/mol. The van der Waals surface area contributed by atoms with Crippen LogP contribution in [0.4, 0.5) is 5.69 Å². The highest BCUT2D eigenvalue weighted by Gasteiger charge is 2.23. The molecule has 0 unspecified atom stereocenters. The number of benzene rings is 1. The van der Waals surface area contributed by atoms with Crippen LogP contribution in [0.3, 0.4) is 0 Å². The lowest BCUT2D eigenvalue weighted by Gasteiger charge is -2.08. The van der Waals surface area contributed by atoms with Crippen LogP contribution in [0.25, 0.3) is 0 Å². The van der Waals surface area contributed by atoms with E-state index >= 15 is 0 Å². The number of carbonyl (C=O) groups is 3. The summed E-state index contributed by atoms with van der Waals surface area (Å²) in [5, 5.41) is 5.58. The highest BCUT2D eigenvalue weighted by atomic mass is 16.5. The number of esters is 1. The van der Waals surface area contributed by atoms with Crippen LogP contribution in [0.1, 0.15) is 44.0 Å². The maximum absolute atomic E-state index is 12.2. The average Bonchev–Trinajstić information content (AvgIpc) is 3.45. The zero-order chi connectivity index (χ0) is 17.8. The van der Waals surface area contributed by atoms with Gasteiger partial charge in [-0.15, -0.1) is 0 Å². The van der Waals surface area contributed by atoms with E-state index in [-0.39, 0.29) is 23.2 Å². The molecule has 1 saturated carbocycles. The fraction of sp³-hybridized carbons (Fsp3) is 0.222. The molecule has 0 bridgehead atoms. The number of hydrogen-bond donors (Lipinski definition) is 2. The van der Waals surface area contributed by atoms with Gasteiger partial charge in [-0.2, -0.15) is 0 Å². The van der Waals surface area contributed by atoms with E-state index in [2.05, 4.69) is 20.4 Å². The highest BCUT2D eigenvalue weighted by Crippen LogP contribution is 2.20. The number of amides is 2. The highest BCUT2D eigenvalue weighted by molar-refractivity contribution is 6.04. The summed E-state index contributed by atoms with van der Waals surface area (Å²) in [7, 11) is 1.27. The number of hydrogen-bond acceptors (Lipinski definition) is 5. The number of carbonyl (C=O) groups excluding carboxylic acids is 3. The maximum Gasteiger partial charge on any atom is 0.339 e. The van der Waals surface area contributed by atoms with Crippen LogP contribution in [-0.2, 0) is 4.74 Å². The van der Waals surface area contributed by atoms with E-state index in [0.29, 0.717) is 11.3 Å². The van der Waals surface area contributed by atoms with Gasteiger partial charge >= 0.3 is 5.97 Å². The first-order valence-electron chi connectivity index (χ1n) is 7.83. The van der Waals surface area contributed by atoms with Crippen molar-refractivity contribution in [2.75, 3.05) is 12.4 Å². The van der Waals surface area contributed by atoms with Crippen molar-refractivity contribution < 1.29 is 19.1 Å². The molecular weight excluding hydrogens is 322 g/mol. The quantitative estimate of drug-likeness (QED) is 0.812. The Bertz CT molecular complexity index is 813. The van der Waals surface area contributed by atoms with E-state index < -0.39 is 11.9 Å². The number of pyridine rings is 1. The maximum atomic E-state index is 12.2. The zero-order valence-electron chi connectivity index (χ0n) is 13.6. The van der Waals surface area contributed by atoms with E-state index in [9.17, 15) is 14.4 Å². The van der Waals surface area contributed by atoms with Crippen LogP contribution in [0.15, 0.2) is 42.6 Å². The number of anilines is 1. The van der Waals surface area contributed by atoms with Crippen molar-refractivity contribution in [3.63, 3.8) is 0 Å². The molecule has 0 spiro atoms. The zero-order valence-corrected chi connectivity index (χ0v) is 13.6. The minimum Gasteiger partial charge on any atom is -0.465 e. The summed E-state index contributed by atoms with van der Waals surface area (Å²) in [6.45, 7) is 0. The van der Waals surface area contributed by atoms with Crippen molar-refractivity contribution in [3.05, 3.63) is 59.4 Å². The normalized spacial score (nSPS) is 13.0. The van der Waals surface area contributed by atoms with Gasteiger partial charge in [-0.25, -0.2) is 4.79 Å². The number of ether oxygens (including phenoxy) is 1. The van der Waals surface area contributed by atoms with Crippen molar-refractivity contribution >= 4 is 23.5 Å². The molecule has 2 N–H and O–H groups in total. The largest absolute Gasteiger partial charge is 0.465 e. The Hall–Kier alpha value is -3.22. The van der Waals surface area contributed by atoms with Gasteiger partial charge in [-0.1, -0.05) is 6.07 Å². The third-order valence-electron chi connectivity index (χ3n) is 3.71. The molecule has 7 heteroatoms. The molecule has 2 amide bonds. The second kappa shape index (κ2) is 7.12. The topological polar surface area (TPSA) is 97.4 Å². The van der Waals surface area contributed by atoms with Gasteiger partial charge in [0.15, 0.2) is 0 Å². The Morgan fingerprint density at radius 3 is 2.52 bits per heavy atom. The van der Waals surface area contributed by atoms with Gasteiger partial charge in [0.1, 0.15) is 5.69 Å². The summed E-state index contributed by atoms with van der Waals surface area (Å²) in [5.41, 5.74) is 1.39. The Morgan fingerprint density at radius 2 is 1.88 bits per heavy atom. The Labute approximate surface area is 144 Å². The van der Waals surface area contributed by atoms with Gasteiger partial charge in [-0.05, 0) is 43.2 Å². The van der Waals surface area contributed by atoms with Crippen LogP contribution < -0.4 is 10.6 Å². The molecule has 1 aliphatic carbocycles. The van der Waals surface area contributed by atoms with Crippen LogP contribution >= 0.6 is 0 Å². The lowest BCUT2D eigenvalue weighted by Crippen LogP contribution is -2.25. The predicted octanol–water partition coefficient (Wildman–Crippen LogP) is 2.01. The molecule has 2 aromatic rings. The minimum absolute atomic E-state index is 0.153. The van der Waals surface area contributed by atoms with Crippen LogP contribution in [-0.4, -0.2) is 35.9 Å². The van der Waals surface area contributed by atoms with Crippen LogP contribution in [0.5, 0.6) is 0 Å². The standard InChI is InChI=1S/C18H17N3O4/c1-25-18(24)12-5-8-15(19-10-12)17(23)21-14-4-2-3-11(9-14)16(22)20-13-6-7-13/h2-5,8-10,13H,6-7H2,1H3,(H,20,22)(H,21,23). The molecule has 128 valence electrons. The van der Waals surface area contributed by atoms with Gasteiger partial charge < -0.3 is 15.4 Å². The van der Waals surface area contributed by atoms with E-state index in [0.717, 1.165) is 12.8 Å². The van der Waals surface area contributed by atoms with Crippen LogP contribution in [0, 0.1) is 0 Å². The second-order valence-electron chi connectivity index (χ2n) is 5.71. The van der Waals surface area contributed by atoms with Gasteiger partial charge in [0.05, 0.1) is 12.7 Å². The van der Waals surface area contributed by atoms with E-state index in [1.165, 1.54) is 25.4 Å². The smallest absolute Gasteiger partial charge is 0.339 e. The summed E-state index contributed by atoms with van der Waals surface area (Å²) in [5.74, 6) is -1.11. The lowest BCUT2D eigenvalue weighted by molar-refractivity contribution is 0.0599. The van der Waals surface area contributed by atoms with Gasteiger partial charge in [0.2, 0.25) is 0 Å². The average molecular weight is 339 g/mol. The first-order valence-corrected chi connectivity index (χ1v) is 7.83. The number of nitrogens with zero attached hydrogens (tertiary/aromatic N) is 1. The van der Waals surface area contributed by atoms with Gasteiger partial charge in [0.25, 0.3) is 11.8 Å². The van der Waals surface area contributed by atoms with Gasteiger partial charge in [0, 0.05) is 23.5 Å². The van der Waals surface area contributed by atoms with E-state index in [4.69, 9.17) is 0 Å². The second-order valence-corrected chi connectivity index (χ2v) is 5.71.